The van der Waals surface area contributed by atoms with Crippen LogP contribution < -0.4 is 5.32 Å². The van der Waals surface area contributed by atoms with Gasteiger partial charge in [-0.2, -0.15) is 0 Å². The number of aliphatic carboxylic acids is 1. The summed E-state index contributed by atoms with van der Waals surface area (Å²) in [7, 11) is 0. The molecular formula is C22H22N2O5. The normalized spacial score (nSPS) is 21.4. The average Bonchev–Trinajstić information content (AvgIpc) is 3.24. The van der Waals surface area contributed by atoms with E-state index in [1.165, 1.54) is 11.8 Å². The van der Waals surface area contributed by atoms with E-state index in [0.29, 0.717) is 0 Å². The molecule has 1 aliphatic heterocycles. The summed E-state index contributed by atoms with van der Waals surface area (Å²) in [5.74, 6) is -2.58. The number of β-amino-alcohol motifs (C(OH)–C–C–N with tert-alkyl or cyclic N) is 1. The lowest BCUT2D eigenvalue weighted by Crippen LogP contribution is -2.52. The molecule has 3 N–H and O–H groups in total. The second-order valence-electron chi connectivity index (χ2n) is 7.55. The van der Waals surface area contributed by atoms with Crippen molar-refractivity contribution in [2.75, 3.05) is 6.54 Å². The molecule has 1 aliphatic carbocycles. The number of aliphatic hydroxyl groups excluding tert-OH is 1. The predicted octanol–water partition coefficient (Wildman–Crippen LogP) is 1.35. The summed E-state index contributed by atoms with van der Waals surface area (Å²) in [6.45, 7) is 1.40. The molecule has 2 aromatic carbocycles. The van der Waals surface area contributed by atoms with E-state index in [9.17, 15) is 24.6 Å². The maximum Gasteiger partial charge on any atom is 0.327 e. The summed E-state index contributed by atoms with van der Waals surface area (Å²) in [6, 6.07) is 13.1. The van der Waals surface area contributed by atoms with Crippen molar-refractivity contribution in [1.82, 2.24) is 10.2 Å². The minimum atomic E-state index is -1.20. The molecule has 0 spiro atoms. The summed E-state index contributed by atoms with van der Waals surface area (Å²) in [6.07, 6.45) is -0.707. The minimum Gasteiger partial charge on any atom is -0.480 e. The number of hydrogen-bond acceptors (Lipinski definition) is 4. The van der Waals surface area contributed by atoms with E-state index < -0.39 is 36.0 Å². The van der Waals surface area contributed by atoms with Crippen LogP contribution in [0.1, 0.15) is 30.4 Å². The van der Waals surface area contributed by atoms with Gasteiger partial charge in [-0.25, -0.2) is 4.79 Å². The Bertz CT molecular complexity index is 943. The Morgan fingerprint density at radius 2 is 1.59 bits per heavy atom. The van der Waals surface area contributed by atoms with E-state index >= 15 is 0 Å². The minimum absolute atomic E-state index is 0.0697. The topological polar surface area (TPSA) is 107 Å². The fourth-order valence-corrected chi connectivity index (χ4v) is 4.50. The van der Waals surface area contributed by atoms with Crippen LogP contribution in [0.4, 0.5) is 0 Å². The number of nitrogens with one attached hydrogen (secondary N) is 1. The second-order valence-corrected chi connectivity index (χ2v) is 7.55. The lowest BCUT2D eigenvalue weighted by molar-refractivity contribution is -0.143. The molecule has 0 bridgehead atoms. The molecule has 2 aromatic rings. The van der Waals surface area contributed by atoms with Crippen LogP contribution in [0.25, 0.3) is 11.1 Å². The van der Waals surface area contributed by atoms with Crippen molar-refractivity contribution >= 4 is 17.8 Å². The molecule has 7 nitrogen and oxygen atoms in total. The monoisotopic (exact) mass is 394 g/mol. The number of carbonyl (C=O) groups excluding carboxylic acids is 2. The third kappa shape index (κ3) is 3.27. The predicted molar refractivity (Wildman–Crippen MR) is 105 cm³/mol. The highest BCUT2D eigenvalue weighted by molar-refractivity contribution is 5.92. The number of hydrogen-bond donors (Lipinski definition) is 3. The number of likely N-dealkylation sites (tertiary alicyclic amines) is 1. The number of carbonyl (C=O) groups is 3. The highest BCUT2D eigenvalue weighted by Gasteiger charge is 2.43. The highest BCUT2D eigenvalue weighted by atomic mass is 16.4. The Labute approximate surface area is 168 Å². The molecule has 1 heterocycles. The molecule has 0 unspecified atom stereocenters. The quantitative estimate of drug-likeness (QED) is 0.726. The van der Waals surface area contributed by atoms with Crippen molar-refractivity contribution in [3.05, 3.63) is 59.7 Å². The lowest BCUT2D eigenvalue weighted by Gasteiger charge is -2.27. The molecule has 1 saturated heterocycles. The summed E-state index contributed by atoms with van der Waals surface area (Å²) >= 11 is 0. The molecule has 2 amide bonds. The SMILES string of the molecule is CC(=O)N1C[C@H](O)C[C@H]1C(=O)N[C@@H](C(=O)O)C1c2ccccc2-c2ccccc21. The fraction of sp³-hybridized carbons (Fsp3) is 0.318. The first-order chi connectivity index (χ1) is 13.9. The van der Waals surface area contributed by atoms with Crippen molar-refractivity contribution < 1.29 is 24.6 Å². The van der Waals surface area contributed by atoms with Gasteiger partial charge in [0.1, 0.15) is 12.1 Å². The maximum atomic E-state index is 12.9. The van der Waals surface area contributed by atoms with Gasteiger partial charge in [-0.05, 0) is 22.3 Å². The molecule has 4 rings (SSSR count). The van der Waals surface area contributed by atoms with Gasteiger partial charge in [-0.15, -0.1) is 0 Å². The van der Waals surface area contributed by atoms with E-state index in [2.05, 4.69) is 5.32 Å². The zero-order valence-electron chi connectivity index (χ0n) is 15.9. The molecule has 0 saturated carbocycles. The van der Waals surface area contributed by atoms with Gasteiger partial charge < -0.3 is 20.4 Å². The Balaban J connectivity index is 1.68. The standard InChI is InChI=1S/C22H22N2O5/c1-12(25)24-11-13(26)10-18(24)21(27)23-20(22(28)29)19-16-8-4-2-6-14(16)15-7-3-5-9-17(15)19/h2-9,13,18-20,26H,10-11H2,1H3,(H,23,27)(H,28,29)/t13-,18+,20-/m1/s1. The largest absolute Gasteiger partial charge is 0.480 e. The van der Waals surface area contributed by atoms with E-state index in [1.54, 1.807) is 0 Å². The summed E-state index contributed by atoms with van der Waals surface area (Å²) in [4.78, 5) is 38.2. The highest BCUT2D eigenvalue weighted by Crippen LogP contribution is 2.46. The van der Waals surface area contributed by atoms with Crippen LogP contribution in [0.3, 0.4) is 0 Å². The molecule has 7 heteroatoms. The first-order valence-corrected chi connectivity index (χ1v) is 9.55. The Hall–Kier alpha value is -3.19. The Kier molecular flexibility index (Phi) is 4.84. The summed E-state index contributed by atoms with van der Waals surface area (Å²) in [5.41, 5.74) is 3.60. The van der Waals surface area contributed by atoms with E-state index in [1.807, 2.05) is 48.5 Å². The van der Waals surface area contributed by atoms with E-state index in [-0.39, 0.29) is 18.9 Å². The lowest BCUT2D eigenvalue weighted by atomic mass is 9.89. The molecule has 1 fully saturated rings. The van der Waals surface area contributed by atoms with Gasteiger partial charge in [0, 0.05) is 25.8 Å². The third-order valence-corrected chi connectivity index (χ3v) is 5.77. The van der Waals surface area contributed by atoms with Gasteiger partial charge in [0.2, 0.25) is 11.8 Å². The van der Waals surface area contributed by atoms with Crippen LogP contribution in [0, 0.1) is 0 Å². The molecule has 2 aliphatic rings. The van der Waals surface area contributed by atoms with E-state index in [4.69, 9.17) is 0 Å². The van der Waals surface area contributed by atoms with Crippen molar-refractivity contribution in [2.24, 2.45) is 0 Å². The van der Waals surface area contributed by atoms with Crippen LogP contribution in [-0.4, -0.2) is 57.6 Å². The van der Waals surface area contributed by atoms with Gasteiger partial charge in [-0.3, -0.25) is 9.59 Å². The number of aliphatic hydroxyl groups is 1. The van der Waals surface area contributed by atoms with Crippen LogP contribution in [0.5, 0.6) is 0 Å². The molecule has 3 atom stereocenters. The van der Waals surface area contributed by atoms with Crippen LogP contribution in [0.15, 0.2) is 48.5 Å². The number of amides is 2. The first kappa shape index (κ1) is 19.1. The number of carboxylic acid groups (broad SMARTS) is 1. The zero-order chi connectivity index (χ0) is 20.7. The van der Waals surface area contributed by atoms with Gasteiger partial charge in [-0.1, -0.05) is 48.5 Å². The Morgan fingerprint density at radius 1 is 1.03 bits per heavy atom. The number of fused-ring (bicyclic) bond motifs is 3. The summed E-state index contributed by atoms with van der Waals surface area (Å²) < 4.78 is 0. The van der Waals surface area contributed by atoms with Gasteiger partial charge >= 0.3 is 5.97 Å². The number of nitrogens with zero attached hydrogens (tertiary/aromatic N) is 1. The average molecular weight is 394 g/mol. The smallest absolute Gasteiger partial charge is 0.327 e. The third-order valence-electron chi connectivity index (χ3n) is 5.77. The Morgan fingerprint density at radius 3 is 2.10 bits per heavy atom. The van der Waals surface area contributed by atoms with Crippen molar-refractivity contribution in [2.45, 2.75) is 37.5 Å². The summed E-state index contributed by atoms with van der Waals surface area (Å²) in [5, 5.41) is 22.5. The van der Waals surface area contributed by atoms with Gasteiger partial charge in [0.25, 0.3) is 0 Å². The molecule has 0 radical (unpaired) electrons. The van der Waals surface area contributed by atoms with Crippen molar-refractivity contribution in [3.8, 4) is 11.1 Å². The molecular weight excluding hydrogens is 372 g/mol. The molecule has 0 aromatic heterocycles. The molecule has 150 valence electrons. The number of benzene rings is 2. The maximum absolute atomic E-state index is 12.9. The van der Waals surface area contributed by atoms with Gasteiger partial charge in [0.15, 0.2) is 0 Å². The van der Waals surface area contributed by atoms with Crippen LogP contribution >= 0.6 is 0 Å². The van der Waals surface area contributed by atoms with Crippen LogP contribution in [-0.2, 0) is 14.4 Å². The number of rotatable bonds is 4. The van der Waals surface area contributed by atoms with E-state index in [0.717, 1.165) is 22.3 Å². The fourth-order valence-electron chi connectivity index (χ4n) is 4.50. The first-order valence-electron chi connectivity index (χ1n) is 9.55. The second kappa shape index (κ2) is 7.33. The zero-order valence-corrected chi connectivity index (χ0v) is 15.9. The van der Waals surface area contributed by atoms with Crippen molar-refractivity contribution in [3.63, 3.8) is 0 Å². The molecule has 29 heavy (non-hydrogen) atoms. The van der Waals surface area contributed by atoms with Crippen LogP contribution in [0.2, 0.25) is 0 Å². The van der Waals surface area contributed by atoms with Gasteiger partial charge in [0.05, 0.1) is 6.10 Å². The number of carboxylic acids is 1. The van der Waals surface area contributed by atoms with Crippen molar-refractivity contribution in [1.29, 1.82) is 0 Å².